The number of rotatable bonds is 7. The Morgan fingerprint density at radius 2 is 1.94 bits per heavy atom. The maximum atomic E-state index is 10.9. The molecule has 1 aromatic carbocycles. The van der Waals surface area contributed by atoms with Gasteiger partial charge in [-0.05, 0) is 44.4 Å². The summed E-state index contributed by atoms with van der Waals surface area (Å²) in [5.41, 5.74) is 6.90. The number of aliphatic hydroxyl groups excluding tert-OH is 1. The van der Waals surface area contributed by atoms with E-state index in [1.54, 1.807) is 12.1 Å². The van der Waals surface area contributed by atoms with Crippen molar-refractivity contribution in [2.75, 3.05) is 13.2 Å². The molecule has 0 aliphatic rings. The zero-order valence-corrected chi connectivity index (χ0v) is 11.1. The fourth-order valence-electron chi connectivity index (χ4n) is 1.78. The molecule has 0 spiro atoms. The Morgan fingerprint density at radius 3 is 2.44 bits per heavy atom. The number of benzene rings is 1. The van der Waals surface area contributed by atoms with Crippen LogP contribution in [0.5, 0.6) is 0 Å². The molecule has 0 saturated carbocycles. The molecule has 0 aliphatic heterocycles. The molecule has 18 heavy (non-hydrogen) atoms. The molecule has 0 fully saturated rings. The second-order valence-corrected chi connectivity index (χ2v) is 5.10. The summed E-state index contributed by atoms with van der Waals surface area (Å²) in [7, 11) is 0. The van der Waals surface area contributed by atoms with Crippen LogP contribution in [-0.2, 0) is 6.42 Å². The molecule has 0 radical (unpaired) electrons. The molecule has 1 rings (SSSR count). The minimum absolute atomic E-state index is 0.00884. The van der Waals surface area contributed by atoms with E-state index in [1.807, 2.05) is 12.1 Å². The Hall–Kier alpha value is -1.39. The molecular formula is C14H22N2O2. The standard InChI is InChI=1S/C14H22N2O2/c1-14(2,16-9-10-17)8-7-11-3-5-12(6-4-11)13(15)18/h3-6,16-17H,7-10H2,1-2H3,(H2,15,18). The molecule has 0 unspecified atom stereocenters. The van der Waals surface area contributed by atoms with Gasteiger partial charge < -0.3 is 16.2 Å². The maximum Gasteiger partial charge on any atom is 0.248 e. The molecule has 0 bridgehead atoms. The Labute approximate surface area is 108 Å². The summed E-state index contributed by atoms with van der Waals surface area (Å²) in [6, 6.07) is 7.38. The van der Waals surface area contributed by atoms with Gasteiger partial charge in [0.15, 0.2) is 0 Å². The third-order valence-corrected chi connectivity index (χ3v) is 2.99. The largest absolute Gasteiger partial charge is 0.395 e. The molecule has 1 aromatic rings. The predicted molar refractivity (Wildman–Crippen MR) is 72.4 cm³/mol. The first-order valence-corrected chi connectivity index (χ1v) is 6.19. The average Bonchev–Trinajstić information content (AvgIpc) is 2.35. The van der Waals surface area contributed by atoms with Crippen LogP contribution in [0.1, 0.15) is 36.2 Å². The number of carbonyl (C=O) groups is 1. The fourth-order valence-corrected chi connectivity index (χ4v) is 1.78. The first kappa shape index (κ1) is 14.7. The van der Waals surface area contributed by atoms with Crippen molar-refractivity contribution in [2.24, 2.45) is 5.73 Å². The number of aliphatic hydroxyl groups is 1. The van der Waals surface area contributed by atoms with Gasteiger partial charge in [0.2, 0.25) is 5.91 Å². The van der Waals surface area contributed by atoms with Crippen molar-refractivity contribution >= 4 is 5.91 Å². The normalized spacial score (nSPS) is 11.5. The van der Waals surface area contributed by atoms with Crippen molar-refractivity contribution in [2.45, 2.75) is 32.2 Å². The van der Waals surface area contributed by atoms with E-state index < -0.39 is 5.91 Å². The second kappa shape index (κ2) is 6.52. The highest BCUT2D eigenvalue weighted by Crippen LogP contribution is 2.14. The molecular weight excluding hydrogens is 228 g/mol. The molecule has 0 aromatic heterocycles. The topological polar surface area (TPSA) is 75.4 Å². The second-order valence-electron chi connectivity index (χ2n) is 5.10. The lowest BCUT2D eigenvalue weighted by Gasteiger charge is -2.26. The number of aryl methyl sites for hydroxylation is 1. The lowest BCUT2D eigenvalue weighted by Crippen LogP contribution is -2.41. The fraction of sp³-hybridized carbons (Fsp3) is 0.500. The van der Waals surface area contributed by atoms with Crippen molar-refractivity contribution in [1.82, 2.24) is 5.32 Å². The molecule has 1 amide bonds. The van der Waals surface area contributed by atoms with Crippen LogP contribution in [0.25, 0.3) is 0 Å². The SMILES string of the molecule is CC(C)(CCc1ccc(C(N)=O)cc1)NCCO. The number of carbonyl (C=O) groups excluding carboxylic acids is 1. The number of β-amino-alcohol motifs (C(OH)–C–C–N with tert-alkyl or cyclic N) is 1. The molecule has 0 heterocycles. The van der Waals surface area contributed by atoms with E-state index in [1.165, 1.54) is 5.56 Å². The van der Waals surface area contributed by atoms with Crippen molar-refractivity contribution in [1.29, 1.82) is 0 Å². The lowest BCUT2D eigenvalue weighted by atomic mass is 9.95. The third kappa shape index (κ3) is 4.85. The summed E-state index contributed by atoms with van der Waals surface area (Å²) in [6.07, 6.45) is 1.88. The van der Waals surface area contributed by atoms with Gasteiger partial charge in [0.05, 0.1) is 6.61 Å². The number of hydrogen-bond donors (Lipinski definition) is 3. The molecule has 0 aliphatic carbocycles. The smallest absolute Gasteiger partial charge is 0.248 e. The van der Waals surface area contributed by atoms with E-state index in [0.29, 0.717) is 12.1 Å². The summed E-state index contributed by atoms with van der Waals surface area (Å²) >= 11 is 0. The Balaban J connectivity index is 2.50. The highest BCUT2D eigenvalue weighted by atomic mass is 16.3. The number of amides is 1. The highest BCUT2D eigenvalue weighted by molar-refractivity contribution is 5.92. The number of hydrogen-bond acceptors (Lipinski definition) is 3. The molecule has 0 atom stereocenters. The van der Waals surface area contributed by atoms with Gasteiger partial charge >= 0.3 is 0 Å². The highest BCUT2D eigenvalue weighted by Gasteiger charge is 2.16. The first-order chi connectivity index (χ1) is 8.44. The summed E-state index contributed by atoms with van der Waals surface area (Å²) in [5.74, 6) is -0.397. The number of primary amides is 1. The summed E-state index contributed by atoms with van der Waals surface area (Å²) in [6.45, 7) is 4.98. The van der Waals surface area contributed by atoms with Gasteiger partial charge in [-0.15, -0.1) is 0 Å². The Kier molecular flexibility index (Phi) is 5.31. The zero-order valence-electron chi connectivity index (χ0n) is 11.1. The molecule has 4 heteroatoms. The van der Waals surface area contributed by atoms with Crippen molar-refractivity contribution < 1.29 is 9.90 Å². The van der Waals surface area contributed by atoms with Crippen LogP contribution in [0.15, 0.2) is 24.3 Å². The minimum Gasteiger partial charge on any atom is -0.395 e. The first-order valence-electron chi connectivity index (χ1n) is 6.19. The van der Waals surface area contributed by atoms with Gasteiger partial charge in [-0.3, -0.25) is 4.79 Å². The van der Waals surface area contributed by atoms with Crippen LogP contribution in [0.3, 0.4) is 0 Å². The number of nitrogens with one attached hydrogen (secondary N) is 1. The van der Waals surface area contributed by atoms with E-state index in [9.17, 15) is 4.79 Å². The van der Waals surface area contributed by atoms with Crippen LogP contribution in [0.2, 0.25) is 0 Å². The van der Waals surface area contributed by atoms with Crippen molar-refractivity contribution in [3.05, 3.63) is 35.4 Å². The zero-order chi connectivity index (χ0) is 13.6. The van der Waals surface area contributed by atoms with E-state index in [0.717, 1.165) is 12.8 Å². The summed E-state index contributed by atoms with van der Waals surface area (Å²) < 4.78 is 0. The van der Waals surface area contributed by atoms with Gasteiger partial charge in [-0.1, -0.05) is 12.1 Å². The van der Waals surface area contributed by atoms with Gasteiger partial charge in [-0.25, -0.2) is 0 Å². The average molecular weight is 250 g/mol. The Morgan fingerprint density at radius 1 is 1.33 bits per heavy atom. The summed E-state index contributed by atoms with van der Waals surface area (Å²) in [5, 5.41) is 12.1. The molecule has 100 valence electrons. The molecule has 4 N–H and O–H groups in total. The van der Waals surface area contributed by atoms with Crippen LogP contribution in [0.4, 0.5) is 0 Å². The summed E-state index contributed by atoms with van der Waals surface area (Å²) in [4.78, 5) is 10.9. The van der Waals surface area contributed by atoms with Crippen LogP contribution in [0, 0.1) is 0 Å². The van der Waals surface area contributed by atoms with E-state index in [-0.39, 0.29) is 12.1 Å². The monoisotopic (exact) mass is 250 g/mol. The number of nitrogens with two attached hydrogens (primary N) is 1. The van der Waals surface area contributed by atoms with Crippen molar-refractivity contribution in [3.63, 3.8) is 0 Å². The van der Waals surface area contributed by atoms with Gasteiger partial charge in [0.1, 0.15) is 0 Å². The van der Waals surface area contributed by atoms with Crippen LogP contribution in [-0.4, -0.2) is 29.7 Å². The minimum atomic E-state index is -0.397. The van der Waals surface area contributed by atoms with Crippen LogP contribution >= 0.6 is 0 Å². The van der Waals surface area contributed by atoms with Gasteiger partial charge in [-0.2, -0.15) is 0 Å². The lowest BCUT2D eigenvalue weighted by molar-refractivity contribution is 0.100. The third-order valence-electron chi connectivity index (χ3n) is 2.99. The molecule has 4 nitrogen and oxygen atoms in total. The van der Waals surface area contributed by atoms with Crippen LogP contribution < -0.4 is 11.1 Å². The van der Waals surface area contributed by atoms with Gasteiger partial charge in [0, 0.05) is 17.6 Å². The molecule has 0 saturated heterocycles. The maximum absolute atomic E-state index is 10.9. The van der Waals surface area contributed by atoms with E-state index in [4.69, 9.17) is 10.8 Å². The van der Waals surface area contributed by atoms with E-state index >= 15 is 0 Å². The van der Waals surface area contributed by atoms with Gasteiger partial charge in [0.25, 0.3) is 0 Å². The predicted octanol–water partition coefficient (Wildman–Crippen LogP) is 1.08. The Bertz CT molecular complexity index is 385. The quantitative estimate of drug-likeness (QED) is 0.678. The van der Waals surface area contributed by atoms with E-state index in [2.05, 4.69) is 19.2 Å². The van der Waals surface area contributed by atoms with Crippen molar-refractivity contribution in [3.8, 4) is 0 Å².